The molecule has 0 bridgehead atoms. The summed E-state index contributed by atoms with van der Waals surface area (Å²) in [5.41, 5.74) is 5.83. The Morgan fingerprint density at radius 2 is 2.29 bits per heavy atom. The quantitative estimate of drug-likeness (QED) is 0.730. The van der Waals surface area contributed by atoms with Gasteiger partial charge in [0.05, 0.1) is 5.60 Å². The lowest BCUT2D eigenvalue weighted by Gasteiger charge is -2.42. The SMILES string of the molecule is COC1(C)CCN(C2CCC2CN)C1. The molecule has 3 heteroatoms. The zero-order chi connectivity index (χ0) is 10.2. The molecule has 0 spiro atoms. The Kier molecular flexibility index (Phi) is 2.82. The number of nitrogens with two attached hydrogens (primary N) is 1. The fraction of sp³-hybridized carbons (Fsp3) is 1.00. The lowest BCUT2D eigenvalue weighted by molar-refractivity contribution is -0.00106. The van der Waals surface area contributed by atoms with E-state index in [-0.39, 0.29) is 5.60 Å². The van der Waals surface area contributed by atoms with Crippen molar-refractivity contribution in [2.75, 3.05) is 26.7 Å². The normalized spacial score (nSPS) is 43.9. The first-order valence-electron chi connectivity index (χ1n) is 5.68. The van der Waals surface area contributed by atoms with Crippen LogP contribution in [-0.2, 0) is 4.74 Å². The Labute approximate surface area is 86.6 Å². The van der Waals surface area contributed by atoms with Crippen molar-refractivity contribution in [3.8, 4) is 0 Å². The summed E-state index contributed by atoms with van der Waals surface area (Å²) in [5, 5.41) is 0. The molecule has 1 aliphatic heterocycles. The van der Waals surface area contributed by atoms with Gasteiger partial charge in [-0.1, -0.05) is 0 Å². The molecule has 2 rings (SSSR count). The fourth-order valence-electron chi connectivity index (χ4n) is 2.72. The van der Waals surface area contributed by atoms with Crippen LogP contribution >= 0.6 is 0 Å². The van der Waals surface area contributed by atoms with Crippen molar-refractivity contribution in [1.82, 2.24) is 4.90 Å². The molecule has 2 aliphatic rings. The van der Waals surface area contributed by atoms with Gasteiger partial charge in [0.25, 0.3) is 0 Å². The maximum absolute atomic E-state index is 5.73. The van der Waals surface area contributed by atoms with E-state index in [0.717, 1.165) is 31.5 Å². The number of hydrogen-bond acceptors (Lipinski definition) is 3. The predicted octanol–water partition coefficient (Wildman–Crippen LogP) is 0.835. The summed E-state index contributed by atoms with van der Waals surface area (Å²) >= 11 is 0. The zero-order valence-electron chi connectivity index (χ0n) is 9.33. The van der Waals surface area contributed by atoms with Crippen LogP contribution in [0.2, 0.25) is 0 Å². The van der Waals surface area contributed by atoms with Crippen LogP contribution in [0, 0.1) is 5.92 Å². The van der Waals surface area contributed by atoms with Crippen molar-refractivity contribution in [3.05, 3.63) is 0 Å². The van der Waals surface area contributed by atoms with Crippen LogP contribution in [0.25, 0.3) is 0 Å². The van der Waals surface area contributed by atoms with Crippen LogP contribution < -0.4 is 5.73 Å². The third-order valence-electron chi connectivity index (χ3n) is 4.11. The summed E-state index contributed by atoms with van der Waals surface area (Å²) in [7, 11) is 1.82. The lowest BCUT2D eigenvalue weighted by atomic mass is 9.78. The Balaban J connectivity index is 1.89. The minimum atomic E-state index is 0.0920. The molecule has 0 aromatic rings. The first-order chi connectivity index (χ1) is 6.68. The first-order valence-corrected chi connectivity index (χ1v) is 5.68. The summed E-state index contributed by atoms with van der Waals surface area (Å²) in [6.07, 6.45) is 3.82. The van der Waals surface area contributed by atoms with Gasteiger partial charge in [-0.25, -0.2) is 0 Å². The third-order valence-corrected chi connectivity index (χ3v) is 4.11. The average molecular weight is 198 g/mol. The van der Waals surface area contributed by atoms with Gasteiger partial charge in [-0.05, 0) is 38.6 Å². The summed E-state index contributed by atoms with van der Waals surface area (Å²) in [4.78, 5) is 2.57. The molecule has 1 saturated carbocycles. The topological polar surface area (TPSA) is 38.5 Å². The van der Waals surface area contributed by atoms with E-state index in [9.17, 15) is 0 Å². The Bertz CT molecular complexity index is 207. The lowest BCUT2D eigenvalue weighted by Crippen LogP contribution is -2.50. The Morgan fingerprint density at radius 1 is 1.50 bits per heavy atom. The van der Waals surface area contributed by atoms with Crippen molar-refractivity contribution >= 4 is 0 Å². The molecule has 14 heavy (non-hydrogen) atoms. The van der Waals surface area contributed by atoms with Gasteiger partial charge in [0.2, 0.25) is 0 Å². The maximum atomic E-state index is 5.73. The average Bonchev–Trinajstić information content (AvgIpc) is 2.48. The molecular formula is C11H22N2O. The number of nitrogens with zero attached hydrogens (tertiary/aromatic N) is 1. The Hall–Kier alpha value is -0.120. The minimum Gasteiger partial charge on any atom is -0.377 e. The maximum Gasteiger partial charge on any atom is 0.0789 e. The first kappa shape index (κ1) is 10.4. The second-order valence-electron chi connectivity index (χ2n) is 5.01. The van der Waals surface area contributed by atoms with Crippen molar-refractivity contribution < 1.29 is 4.74 Å². The summed E-state index contributed by atoms with van der Waals surface area (Å²) in [5.74, 6) is 0.745. The fourth-order valence-corrected chi connectivity index (χ4v) is 2.72. The zero-order valence-corrected chi connectivity index (χ0v) is 9.33. The highest BCUT2D eigenvalue weighted by Gasteiger charge is 2.42. The highest BCUT2D eigenvalue weighted by molar-refractivity contribution is 4.96. The monoisotopic (exact) mass is 198 g/mol. The number of rotatable bonds is 3. The van der Waals surface area contributed by atoms with Crippen LogP contribution in [0.15, 0.2) is 0 Å². The van der Waals surface area contributed by atoms with Gasteiger partial charge in [-0.15, -0.1) is 0 Å². The highest BCUT2D eigenvalue weighted by Crippen LogP contribution is 2.36. The van der Waals surface area contributed by atoms with E-state index in [1.807, 2.05) is 7.11 Å². The molecule has 2 N–H and O–H groups in total. The summed E-state index contributed by atoms with van der Waals surface area (Å²) < 4.78 is 5.54. The van der Waals surface area contributed by atoms with Gasteiger partial charge >= 0.3 is 0 Å². The van der Waals surface area contributed by atoms with Gasteiger partial charge in [-0.2, -0.15) is 0 Å². The van der Waals surface area contributed by atoms with E-state index in [4.69, 9.17) is 10.5 Å². The number of methoxy groups -OCH3 is 1. The molecule has 0 aromatic heterocycles. The molecule has 1 aliphatic carbocycles. The molecule has 3 unspecified atom stereocenters. The van der Waals surface area contributed by atoms with Gasteiger partial charge in [-0.3, -0.25) is 4.90 Å². The van der Waals surface area contributed by atoms with Crippen molar-refractivity contribution in [1.29, 1.82) is 0 Å². The van der Waals surface area contributed by atoms with E-state index < -0.39 is 0 Å². The van der Waals surface area contributed by atoms with Gasteiger partial charge in [0, 0.05) is 26.2 Å². The number of likely N-dealkylation sites (tertiary alicyclic amines) is 1. The van der Waals surface area contributed by atoms with Crippen LogP contribution in [0.5, 0.6) is 0 Å². The van der Waals surface area contributed by atoms with Crippen molar-refractivity contribution in [3.63, 3.8) is 0 Å². The van der Waals surface area contributed by atoms with E-state index >= 15 is 0 Å². The standard InChI is InChI=1S/C11H22N2O/c1-11(14-2)5-6-13(8-11)10-4-3-9(10)7-12/h9-10H,3-8,12H2,1-2H3. The Morgan fingerprint density at radius 3 is 2.71 bits per heavy atom. The van der Waals surface area contributed by atoms with Crippen LogP contribution in [0.3, 0.4) is 0 Å². The second-order valence-corrected chi connectivity index (χ2v) is 5.01. The van der Waals surface area contributed by atoms with E-state index in [0.29, 0.717) is 0 Å². The van der Waals surface area contributed by atoms with Crippen LogP contribution in [-0.4, -0.2) is 43.3 Å². The van der Waals surface area contributed by atoms with Crippen LogP contribution in [0.1, 0.15) is 26.2 Å². The highest BCUT2D eigenvalue weighted by atomic mass is 16.5. The molecule has 82 valence electrons. The smallest absolute Gasteiger partial charge is 0.0789 e. The third kappa shape index (κ3) is 1.69. The number of ether oxygens (including phenoxy) is 1. The van der Waals surface area contributed by atoms with E-state index in [1.165, 1.54) is 19.4 Å². The van der Waals surface area contributed by atoms with Crippen molar-refractivity contribution in [2.24, 2.45) is 11.7 Å². The largest absolute Gasteiger partial charge is 0.377 e. The molecule has 1 saturated heterocycles. The van der Waals surface area contributed by atoms with Crippen LogP contribution in [0.4, 0.5) is 0 Å². The van der Waals surface area contributed by atoms with Gasteiger partial charge in [0.1, 0.15) is 0 Å². The summed E-state index contributed by atoms with van der Waals surface area (Å²) in [6, 6.07) is 0.747. The minimum absolute atomic E-state index is 0.0920. The summed E-state index contributed by atoms with van der Waals surface area (Å²) in [6.45, 7) is 5.34. The molecule has 0 aromatic carbocycles. The number of hydrogen-bond donors (Lipinski definition) is 1. The van der Waals surface area contributed by atoms with E-state index in [1.54, 1.807) is 0 Å². The van der Waals surface area contributed by atoms with Gasteiger partial charge < -0.3 is 10.5 Å². The van der Waals surface area contributed by atoms with Gasteiger partial charge in [0.15, 0.2) is 0 Å². The second kappa shape index (κ2) is 3.80. The molecular weight excluding hydrogens is 176 g/mol. The molecule has 0 amide bonds. The molecule has 2 fully saturated rings. The van der Waals surface area contributed by atoms with E-state index in [2.05, 4.69) is 11.8 Å². The van der Waals surface area contributed by atoms with Crippen molar-refractivity contribution in [2.45, 2.75) is 37.8 Å². The molecule has 3 atom stereocenters. The predicted molar refractivity (Wildman–Crippen MR) is 57.2 cm³/mol. The molecule has 1 heterocycles. The molecule has 3 nitrogen and oxygen atoms in total. The molecule has 0 radical (unpaired) electrons.